The van der Waals surface area contributed by atoms with Crippen molar-refractivity contribution in [2.45, 2.75) is 19.3 Å². The highest BCUT2D eigenvalue weighted by Crippen LogP contribution is 2.48. The summed E-state index contributed by atoms with van der Waals surface area (Å²) in [6.07, 6.45) is 2.39. The Labute approximate surface area is 103 Å². The van der Waals surface area contributed by atoms with E-state index in [1.165, 1.54) is 12.1 Å². The van der Waals surface area contributed by atoms with Crippen LogP contribution in [-0.4, -0.2) is 17.6 Å². The summed E-state index contributed by atoms with van der Waals surface area (Å²) < 4.78 is 26.0. The van der Waals surface area contributed by atoms with Gasteiger partial charge >= 0.3 is 0 Å². The zero-order valence-corrected chi connectivity index (χ0v) is 9.79. The molecule has 1 aliphatic carbocycles. The molecule has 4 nitrogen and oxygen atoms in total. The second-order valence-electron chi connectivity index (χ2n) is 4.78. The van der Waals surface area contributed by atoms with Crippen LogP contribution >= 0.6 is 0 Å². The third-order valence-electron chi connectivity index (χ3n) is 3.17. The van der Waals surface area contributed by atoms with Crippen molar-refractivity contribution >= 4 is 11.5 Å². The Balaban J connectivity index is 1.95. The molecular weight excluding hydrogens is 240 g/mol. The fourth-order valence-electron chi connectivity index (χ4n) is 1.96. The lowest BCUT2D eigenvalue weighted by molar-refractivity contribution is 0.315. The summed E-state index contributed by atoms with van der Waals surface area (Å²) in [6, 6.07) is 3.31. The van der Waals surface area contributed by atoms with E-state index in [0.717, 1.165) is 18.9 Å². The van der Waals surface area contributed by atoms with Crippen molar-refractivity contribution in [1.82, 2.24) is 0 Å². The van der Waals surface area contributed by atoms with Crippen molar-refractivity contribution in [3.8, 4) is 0 Å². The molecule has 4 N–H and O–H groups in total. The van der Waals surface area contributed by atoms with Gasteiger partial charge in [0.25, 0.3) is 0 Å². The topological polar surface area (TPSA) is 70.6 Å². The molecular formula is C12H15F2N3O. The molecule has 1 fully saturated rings. The van der Waals surface area contributed by atoms with Crippen LogP contribution in [0, 0.1) is 17.0 Å². The number of nitrogens with two attached hydrogens (primary N) is 1. The molecule has 0 amide bonds. The molecule has 98 valence electrons. The van der Waals surface area contributed by atoms with Crippen LogP contribution in [0.25, 0.3) is 0 Å². The highest BCUT2D eigenvalue weighted by atomic mass is 19.1. The zero-order valence-electron chi connectivity index (χ0n) is 9.79. The molecule has 2 rings (SSSR count). The Bertz CT molecular complexity index is 452. The Hall–Kier alpha value is -1.85. The van der Waals surface area contributed by atoms with Gasteiger partial charge in [-0.1, -0.05) is 5.16 Å². The average Bonchev–Trinajstić information content (AvgIpc) is 3.05. The Morgan fingerprint density at radius 2 is 1.94 bits per heavy atom. The van der Waals surface area contributed by atoms with Crippen LogP contribution in [0.3, 0.4) is 0 Å². The van der Waals surface area contributed by atoms with Crippen LogP contribution in [0.2, 0.25) is 0 Å². The number of nitrogens with one attached hydrogen (secondary N) is 1. The fourth-order valence-corrected chi connectivity index (χ4v) is 1.96. The largest absolute Gasteiger partial charge is 0.409 e. The van der Waals surface area contributed by atoms with Crippen LogP contribution in [-0.2, 0) is 0 Å². The van der Waals surface area contributed by atoms with E-state index in [1.54, 1.807) is 0 Å². The first-order chi connectivity index (χ1) is 8.53. The molecule has 1 aliphatic rings. The average molecular weight is 255 g/mol. The summed E-state index contributed by atoms with van der Waals surface area (Å²) in [6.45, 7) is 0.548. The lowest BCUT2D eigenvalue weighted by Gasteiger charge is -2.16. The van der Waals surface area contributed by atoms with Crippen LogP contribution in [0.5, 0.6) is 0 Å². The molecule has 6 heteroatoms. The number of amidine groups is 1. The molecule has 0 unspecified atom stereocenters. The number of rotatable bonds is 5. The smallest absolute Gasteiger partial charge is 0.139 e. The summed E-state index contributed by atoms with van der Waals surface area (Å²) in [4.78, 5) is 0. The third kappa shape index (κ3) is 3.09. The van der Waals surface area contributed by atoms with Gasteiger partial charge in [0.05, 0.1) is 0 Å². The van der Waals surface area contributed by atoms with E-state index in [1.807, 2.05) is 0 Å². The van der Waals surface area contributed by atoms with Crippen molar-refractivity contribution in [2.24, 2.45) is 16.3 Å². The van der Waals surface area contributed by atoms with Gasteiger partial charge in [0.2, 0.25) is 0 Å². The van der Waals surface area contributed by atoms with E-state index >= 15 is 0 Å². The monoisotopic (exact) mass is 255 g/mol. The van der Waals surface area contributed by atoms with Gasteiger partial charge in [0.15, 0.2) is 0 Å². The molecule has 0 radical (unpaired) electrons. The number of benzene rings is 1. The molecule has 0 spiro atoms. The van der Waals surface area contributed by atoms with E-state index in [4.69, 9.17) is 10.9 Å². The summed E-state index contributed by atoms with van der Waals surface area (Å²) in [5.41, 5.74) is 5.81. The minimum Gasteiger partial charge on any atom is -0.409 e. The minimum absolute atomic E-state index is 0.0564. The van der Waals surface area contributed by atoms with E-state index in [9.17, 15) is 8.78 Å². The first kappa shape index (κ1) is 12.6. The maximum absolute atomic E-state index is 13.0. The van der Waals surface area contributed by atoms with Crippen molar-refractivity contribution in [3.05, 3.63) is 29.8 Å². The number of oxime groups is 1. The van der Waals surface area contributed by atoms with Gasteiger partial charge in [-0.3, -0.25) is 0 Å². The van der Waals surface area contributed by atoms with Gasteiger partial charge in [0, 0.05) is 24.7 Å². The SMILES string of the molecule is NC(CC1(CNc2cc(F)cc(F)c2)CC1)=NO. The van der Waals surface area contributed by atoms with Gasteiger partial charge < -0.3 is 16.3 Å². The minimum atomic E-state index is -0.612. The molecule has 0 bridgehead atoms. The van der Waals surface area contributed by atoms with Gasteiger partial charge in [-0.05, 0) is 30.4 Å². The molecule has 1 aromatic rings. The Kier molecular flexibility index (Phi) is 3.36. The lowest BCUT2D eigenvalue weighted by atomic mass is 10.0. The molecule has 0 saturated heterocycles. The van der Waals surface area contributed by atoms with Gasteiger partial charge in [-0.25, -0.2) is 8.78 Å². The molecule has 1 saturated carbocycles. The van der Waals surface area contributed by atoms with E-state index in [0.29, 0.717) is 18.7 Å². The van der Waals surface area contributed by atoms with Crippen molar-refractivity contribution < 1.29 is 14.0 Å². The summed E-state index contributed by atoms with van der Waals surface area (Å²) in [5.74, 6) is -1.04. The number of hydrogen-bond donors (Lipinski definition) is 3. The maximum Gasteiger partial charge on any atom is 0.139 e. The first-order valence-electron chi connectivity index (χ1n) is 5.69. The fraction of sp³-hybridized carbons (Fsp3) is 0.417. The lowest BCUT2D eigenvalue weighted by Crippen LogP contribution is -2.23. The summed E-state index contributed by atoms with van der Waals surface area (Å²) in [7, 11) is 0. The van der Waals surface area contributed by atoms with Crippen LogP contribution < -0.4 is 11.1 Å². The molecule has 0 atom stereocenters. The van der Waals surface area contributed by atoms with E-state index in [-0.39, 0.29) is 11.3 Å². The molecule has 18 heavy (non-hydrogen) atoms. The van der Waals surface area contributed by atoms with Gasteiger partial charge in [0.1, 0.15) is 17.5 Å². The van der Waals surface area contributed by atoms with E-state index in [2.05, 4.69) is 10.5 Å². The van der Waals surface area contributed by atoms with Crippen molar-refractivity contribution in [1.29, 1.82) is 0 Å². The van der Waals surface area contributed by atoms with Crippen LogP contribution in [0.1, 0.15) is 19.3 Å². The summed E-state index contributed by atoms with van der Waals surface area (Å²) >= 11 is 0. The Morgan fingerprint density at radius 1 is 1.33 bits per heavy atom. The highest BCUT2D eigenvalue weighted by molar-refractivity contribution is 5.80. The van der Waals surface area contributed by atoms with Gasteiger partial charge in [-0.2, -0.15) is 0 Å². The van der Waals surface area contributed by atoms with E-state index < -0.39 is 11.6 Å². The highest BCUT2D eigenvalue weighted by Gasteiger charge is 2.43. The number of nitrogens with zero attached hydrogens (tertiary/aromatic N) is 1. The predicted octanol–water partition coefficient (Wildman–Crippen LogP) is 2.29. The van der Waals surface area contributed by atoms with Crippen molar-refractivity contribution in [2.75, 3.05) is 11.9 Å². The maximum atomic E-state index is 13.0. The molecule has 0 aliphatic heterocycles. The first-order valence-corrected chi connectivity index (χ1v) is 5.69. The zero-order chi connectivity index (χ0) is 13.2. The number of anilines is 1. The molecule has 0 aromatic heterocycles. The van der Waals surface area contributed by atoms with Crippen LogP contribution in [0.4, 0.5) is 14.5 Å². The standard InChI is InChI=1S/C12H15F2N3O/c13-8-3-9(14)5-10(4-8)16-7-12(1-2-12)6-11(15)17-18/h3-5,16,18H,1-2,6-7H2,(H2,15,17). The quantitative estimate of drug-likeness (QED) is 0.327. The third-order valence-corrected chi connectivity index (χ3v) is 3.17. The number of halogens is 2. The summed E-state index contributed by atoms with van der Waals surface area (Å²) in [5, 5.41) is 14.5. The second-order valence-corrected chi connectivity index (χ2v) is 4.78. The Morgan fingerprint density at radius 3 is 2.44 bits per heavy atom. The van der Waals surface area contributed by atoms with Gasteiger partial charge in [-0.15, -0.1) is 0 Å². The molecule has 0 heterocycles. The van der Waals surface area contributed by atoms with Crippen molar-refractivity contribution in [3.63, 3.8) is 0 Å². The predicted molar refractivity (Wildman–Crippen MR) is 64.5 cm³/mol. The number of hydrogen-bond acceptors (Lipinski definition) is 3. The normalized spacial score (nSPS) is 17.6. The van der Waals surface area contributed by atoms with Crippen LogP contribution in [0.15, 0.2) is 23.4 Å². The second kappa shape index (κ2) is 4.80. The molecule has 1 aromatic carbocycles.